The largest absolute Gasteiger partial charge is 0.508 e. The Balaban J connectivity index is 1.36. The van der Waals surface area contributed by atoms with Crippen LogP contribution in [0.3, 0.4) is 0 Å². The lowest BCUT2D eigenvalue weighted by molar-refractivity contribution is -0.116. The number of anilines is 1. The van der Waals surface area contributed by atoms with Crippen LogP contribution in [0, 0.1) is 6.92 Å². The number of phenolic OH excluding ortho intramolecular Hbond substituents is 1. The van der Waals surface area contributed by atoms with Crippen LogP contribution in [0.2, 0.25) is 0 Å². The molecule has 0 spiro atoms. The van der Waals surface area contributed by atoms with Crippen molar-refractivity contribution in [3.05, 3.63) is 71.5 Å². The minimum Gasteiger partial charge on any atom is -0.508 e. The van der Waals surface area contributed by atoms with Gasteiger partial charge in [-0.2, -0.15) is 0 Å². The Labute approximate surface area is 172 Å². The molecule has 8 nitrogen and oxygen atoms in total. The Morgan fingerprint density at radius 2 is 1.77 bits per heavy atom. The van der Waals surface area contributed by atoms with Crippen molar-refractivity contribution in [3.8, 4) is 17.1 Å². The predicted molar refractivity (Wildman–Crippen MR) is 109 cm³/mol. The van der Waals surface area contributed by atoms with Gasteiger partial charge in [0.05, 0.1) is 29.2 Å². The van der Waals surface area contributed by atoms with Crippen molar-refractivity contribution in [2.24, 2.45) is 0 Å². The number of hydrogen-bond acceptors (Lipinski definition) is 6. The molecule has 2 heterocycles. The van der Waals surface area contributed by atoms with Crippen molar-refractivity contribution >= 4 is 23.4 Å². The molecule has 2 N–H and O–H groups in total. The molecule has 4 rings (SSSR count). The molecule has 1 aliphatic rings. The van der Waals surface area contributed by atoms with E-state index in [2.05, 4.69) is 15.3 Å². The van der Waals surface area contributed by atoms with Crippen LogP contribution in [0.1, 0.15) is 32.7 Å². The Morgan fingerprint density at radius 1 is 1.03 bits per heavy atom. The highest BCUT2D eigenvalue weighted by molar-refractivity contribution is 6.21. The molecule has 1 aromatic heterocycles. The van der Waals surface area contributed by atoms with E-state index in [9.17, 15) is 19.5 Å². The molecule has 0 fully saturated rings. The molecule has 8 heteroatoms. The standard InChI is InChI=1S/C22H18N4O4/c1-13-5-6-17-18(9-13)22(30)26(21(17)29)8-7-19(28)25-15-11-23-20(24-12-15)14-3-2-4-16(27)10-14/h2-6,9-12,27H,7-8H2,1H3,(H,25,28). The maximum absolute atomic E-state index is 12.5. The van der Waals surface area contributed by atoms with E-state index >= 15 is 0 Å². The highest BCUT2D eigenvalue weighted by Crippen LogP contribution is 2.24. The van der Waals surface area contributed by atoms with Gasteiger partial charge in [-0.05, 0) is 31.2 Å². The normalized spacial score (nSPS) is 12.8. The molecular formula is C22H18N4O4. The van der Waals surface area contributed by atoms with Crippen LogP contribution in [0.25, 0.3) is 11.4 Å². The van der Waals surface area contributed by atoms with Gasteiger partial charge in [0.25, 0.3) is 11.8 Å². The van der Waals surface area contributed by atoms with Crippen LogP contribution in [0.5, 0.6) is 5.75 Å². The maximum atomic E-state index is 12.5. The second-order valence-corrected chi connectivity index (χ2v) is 6.95. The molecule has 3 aromatic rings. The summed E-state index contributed by atoms with van der Waals surface area (Å²) in [4.78, 5) is 46.6. The summed E-state index contributed by atoms with van der Waals surface area (Å²) in [5.74, 6) is -0.620. The van der Waals surface area contributed by atoms with Crippen LogP contribution < -0.4 is 5.32 Å². The van der Waals surface area contributed by atoms with Crippen molar-refractivity contribution in [2.75, 3.05) is 11.9 Å². The van der Waals surface area contributed by atoms with Gasteiger partial charge >= 0.3 is 0 Å². The number of aryl methyl sites for hydroxylation is 1. The number of aromatic hydroxyl groups is 1. The average Bonchev–Trinajstić information content (AvgIpc) is 2.96. The number of rotatable bonds is 5. The first-order chi connectivity index (χ1) is 14.4. The summed E-state index contributed by atoms with van der Waals surface area (Å²) in [6.07, 6.45) is 2.86. The molecule has 0 bridgehead atoms. The number of fused-ring (bicyclic) bond motifs is 1. The molecule has 30 heavy (non-hydrogen) atoms. The summed E-state index contributed by atoms with van der Waals surface area (Å²) < 4.78 is 0. The molecule has 0 atom stereocenters. The topological polar surface area (TPSA) is 112 Å². The summed E-state index contributed by atoms with van der Waals surface area (Å²) in [6.45, 7) is 1.83. The first-order valence-corrected chi connectivity index (χ1v) is 9.30. The lowest BCUT2D eigenvalue weighted by Crippen LogP contribution is -2.32. The van der Waals surface area contributed by atoms with Crippen LogP contribution in [0.15, 0.2) is 54.9 Å². The Bertz CT molecular complexity index is 1160. The van der Waals surface area contributed by atoms with Gasteiger partial charge in [-0.3, -0.25) is 19.3 Å². The number of hydrogen-bond donors (Lipinski definition) is 2. The van der Waals surface area contributed by atoms with Crippen molar-refractivity contribution in [2.45, 2.75) is 13.3 Å². The van der Waals surface area contributed by atoms with E-state index in [0.717, 1.165) is 10.5 Å². The van der Waals surface area contributed by atoms with Gasteiger partial charge in [-0.15, -0.1) is 0 Å². The molecule has 0 unspecified atom stereocenters. The van der Waals surface area contributed by atoms with E-state index in [4.69, 9.17) is 0 Å². The number of aromatic nitrogens is 2. The molecule has 1 aliphatic heterocycles. The van der Waals surface area contributed by atoms with E-state index in [1.807, 2.05) is 6.92 Å². The first-order valence-electron chi connectivity index (χ1n) is 9.30. The summed E-state index contributed by atoms with van der Waals surface area (Å²) in [6, 6.07) is 11.6. The zero-order valence-electron chi connectivity index (χ0n) is 16.1. The van der Waals surface area contributed by atoms with Crippen LogP contribution >= 0.6 is 0 Å². The molecule has 2 aromatic carbocycles. The molecular weight excluding hydrogens is 384 g/mol. The average molecular weight is 402 g/mol. The summed E-state index contributed by atoms with van der Waals surface area (Å²) in [5.41, 5.74) is 2.66. The van der Waals surface area contributed by atoms with E-state index in [-0.39, 0.29) is 36.4 Å². The number of carbonyl (C=O) groups excluding carboxylic acids is 3. The summed E-state index contributed by atoms with van der Waals surface area (Å²) in [5, 5.41) is 12.2. The third-order valence-electron chi connectivity index (χ3n) is 4.73. The van der Waals surface area contributed by atoms with Gasteiger partial charge < -0.3 is 10.4 Å². The highest BCUT2D eigenvalue weighted by atomic mass is 16.3. The van der Waals surface area contributed by atoms with Gasteiger partial charge in [0.1, 0.15) is 5.75 Å². The molecule has 0 aliphatic carbocycles. The third kappa shape index (κ3) is 3.75. The fourth-order valence-corrected chi connectivity index (χ4v) is 3.23. The molecule has 3 amide bonds. The van der Waals surface area contributed by atoms with E-state index in [0.29, 0.717) is 28.2 Å². The number of nitrogens with zero attached hydrogens (tertiary/aromatic N) is 3. The van der Waals surface area contributed by atoms with E-state index in [1.54, 1.807) is 36.4 Å². The van der Waals surface area contributed by atoms with E-state index < -0.39 is 0 Å². The maximum Gasteiger partial charge on any atom is 0.261 e. The molecule has 0 saturated carbocycles. The summed E-state index contributed by atoms with van der Waals surface area (Å²) >= 11 is 0. The zero-order chi connectivity index (χ0) is 21.3. The Morgan fingerprint density at radius 3 is 2.50 bits per heavy atom. The van der Waals surface area contributed by atoms with Crippen molar-refractivity contribution < 1.29 is 19.5 Å². The SMILES string of the molecule is Cc1ccc2c(c1)C(=O)N(CCC(=O)Nc1cnc(-c3cccc(O)c3)nc1)C2=O. The quantitative estimate of drug-likeness (QED) is 0.635. The number of carbonyl (C=O) groups is 3. The zero-order valence-corrected chi connectivity index (χ0v) is 16.1. The number of phenols is 1. The van der Waals surface area contributed by atoms with Gasteiger partial charge in [0.2, 0.25) is 5.91 Å². The van der Waals surface area contributed by atoms with Crippen molar-refractivity contribution in [1.29, 1.82) is 0 Å². The van der Waals surface area contributed by atoms with Crippen LogP contribution in [0.4, 0.5) is 5.69 Å². The smallest absolute Gasteiger partial charge is 0.261 e. The minimum absolute atomic E-state index is 0.0144. The minimum atomic E-state index is -0.387. The summed E-state index contributed by atoms with van der Waals surface area (Å²) in [7, 11) is 0. The predicted octanol–water partition coefficient (Wildman–Crippen LogP) is 2.78. The van der Waals surface area contributed by atoms with Crippen molar-refractivity contribution in [1.82, 2.24) is 14.9 Å². The molecule has 0 radical (unpaired) electrons. The van der Waals surface area contributed by atoms with Crippen LogP contribution in [-0.4, -0.2) is 44.2 Å². The number of imide groups is 1. The van der Waals surface area contributed by atoms with Crippen LogP contribution in [-0.2, 0) is 4.79 Å². The first kappa shape index (κ1) is 19.3. The Hall–Kier alpha value is -4.07. The molecule has 150 valence electrons. The monoisotopic (exact) mass is 402 g/mol. The number of amides is 3. The van der Waals surface area contributed by atoms with Crippen molar-refractivity contribution in [3.63, 3.8) is 0 Å². The lowest BCUT2D eigenvalue weighted by Gasteiger charge is -2.13. The van der Waals surface area contributed by atoms with Gasteiger partial charge in [-0.1, -0.05) is 23.8 Å². The lowest BCUT2D eigenvalue weighted by atomic mass is 10.1. The third-order valence-corrected chi connectivity index (χ3v) is 4.73. The number of benzene rings is 2. The van der Waals surface area contributed by atoms with Gasteiger partial charge in [0.15, 0.2) is 5.82 Å². The highest BCUT2D eigenvalue weighted by Gasteiger charge is 2.35. The fourth-order valence-electron chi connectivity index (χ4n) is 3.23. The second kappa shape index (κ2) is 7.75. The Kier molecular flexibility index (Phi) is 4.97. The van der Waals surface area contributed by atoms with Gasteiger partial charge in [-0.25, -0.2) is 9.97 Å². The second-order valence-electron chi connectivity index (χ2n) is 6.95. The number of nitrogens with one attached hydrogen (secondary N) is 1. The molecule has 0 saturated heterocycles. The van der Waals surface area contributed by atoms with E-state index in [1.165, 1.54) is 18.5 Å². The fraction of sp³-hybridized carbons (Fsp3) is 0.136. The van der Waals surface area contributed by atoms with Gasteiger partial charge in [0, 0.05) is 18.5 Å².